The van der Waals surface area contributed by atoms with Gasteiger partial charge in [0, 0.05) is 43.8 Å². The van der Waals surface area contributed by atoms with Crippen LogP contribution in [-0.4, -0.2) is 47.5 Å². The Balaban J connectivity index is 1.50. The third-order valence-corrected chi connectivity index (χ3v) is 5.59. The van der Waals surface area contributed by atoms with E-state index in [0.717, 1.165) is 48.4 Å². The quantitative estimate of drug-likeness (QED) is 0.741. The Hall–Kier alpha value is -2.26. The van der Waals surface area contributed by atoms with Gasteiger partial charge < -0.3 is 19.1 Å². The van der Waals surface area contributed by atoms with Crippen molar-refractivity contribution in [2.45, 2.75) is 31.9 Å². The summed E-state index contributed by atoms with van der Waals surface area (Å²) in [5.74, 6) is 2.30. The van der Waals surface area contributed by atoms with Crippen molar-refractivity contribution in [2.24, 2.45) is 7.05 Å². The lowest BCUT2D eigenvalue weighted by Crippen LogP contribution is -2.35. The largest absolute Gasteiger partial charge is 0.390 e. The Morgan fingerprint density at radius 1 is 1.36 bits per heavy atom. The Labute approximate surface area is 149 Å². The summed E-state index contributed by atoms with van der Waals surface area (Å²) in [5, 5.41) is 21.0. The van der Waals surface area contributed by atoms with Crippen molar-refractivity contribution in [3.05, 3.63) is 41.4 Å². The van der Waals surface area contributed by atoms with Gasteiger partial charge in [-0.3, -0.25) is 0 Å². The molecular weight excluding hydrogens is 338 g/mol. The summed E-state index contributed by atoms with van der Waals surface area (Å²) >= 11 is 1.59. The number of rotatable bonds is 5. The van der Waals surface area contributed by atoms with Gasteiger partial charge in [-0.1, -0.05) is 0 Å². The lowest BCUT2D eigenvalue weighted by Gasteiger charge is -2.32. The highest BCUT2D eigenvalue weighted by atomic mass is 32.1. The number of aliphatic hydroxyl groups is 1. The van der Waals surface area contributed by atoms with Gasteiger partial charge in [0.25, 0.3) is 0 Å². The predicted molar refractivity (Wildman–Crippen MR) is 94.6 cm³/mol. The average molecular weight is 359 g/mol. The molecule has 4 rings (SSSR count). The minimum atomic E-state index is -0.00529. The van der Waals surface area contributed by atoms with Crippen molar-refractivity contribution in [2.75, 3.05) is 18.0 Å². The fourth-order valence-electron chi connectivity index (χ4n) is 3.29. The van der Waals surface area contributed by atoms with Crippen LogP contribution >= 0.6 is 11.3 Å². The predicted octanol–water partition coefficient (Wildman–Crippen LogP) is 1.39. The highest BCUT2D eigenvalue weighted by molar-refractivity contribution is 7.13. The van der Waals surface area contributed by atoms with Crippen molar-refractivity contribution in [3.63, 3.8) is 0 Å². The summed E-state index contributed by atoms with van der Waals surface area (Å²) in [7, 11) is 2.04. The van der Waals surface area contributed by atoms with E-state index < -0.39 is 0 Å². The van der Waals surface area contributed by atoms with Gasteiger partial charge in [-0.05, 0) is 12.8 Å². The molecule has 0 amide bonds. The third kappa shape index (κ3) is 3.29. The molecule has 9 heteroatoms. The Morgan fingerprint density at radius 3 is 3.04 bits per heavy atom. The summed E-state index contributed by atoms with van der Waals surface area (Å²) in [6, 6.07) is 0. The van der Waals surface area contributed by atoms with E-state index in [1.54, 1.807) is 23.9 Å². The van der Waals surface area contributed by atoms with Crippen molar-refractivity contribution < 1.29 is 5.11 Å². The number of piperidine rings is 1. The van der Waals surface area contributed by atoms with Gasteiger partial charge in [-0.2, -0.15) is 0 Å². The molecular formula is C16H21N7OS. The Bertz CT molecular complexity index is 826. The maximum absolute atomic E-state index is 9.22. The monoisotopic (exact) mass is 359 g/mol. The van der Waals surface area contributed by atoms with Crippen molar-refractivity contribution in [3.8, 4) is 0 Å². The van der Waals surface area contributed by atoms with E-state index in [0.29, 0.717) is 12.5 Å². The molecule has 0 aromatic carbocycles. The van der Waals surface area contributed by atoms with Gasteiger partial charge in [0.15, 0.2) is 11.0 Å². The van der Waals surface area contributed by atoms with E-state index in [4.69, 9.17) is 0 Å². The standard InChI is InChI=1S/C16H21N7OS/c1-21-14(8-22-6-4-17-11-22)19-20-15(21)12-3-2-5-23(7-12)16-18-13(9-24)10-25-16/h4,6,10-12,24H,2-3,5,7-9H2,1H3. The zero-order valence-electron chi connectivity index (χ0n) is 14.1. The van der Waals surface area contributed by atoms with E-state index in [2.05, 4.69) is 29.6 Å². The topological polar surface area (TPSA) is 84.9 Å². The van der Waals surface area contributed by atoms with Crippen molar-refractivity contribution in [1.29, 1.82) is 0 Å². The van der Waals surface area contributed by atoms with Crippen LogP contribution in [0.15, 0.2) is 24.1 Å². The number of hydrogen-bond donors (Lipinski definition) is 1. The van der Waals surface area contributed by atoms with Gasteiger partial charge >= 0.3 is 0 Å². The molecule has 1 unspecified atom stereocenters. The summed E-state index contributed by atoms with van der Waals surface area (Å²) < 4.78 is 4.10. The first kappa shape index (κ1) is 16.2. The van der Waals surface area contributed by atoms with E-state index in [9.17, 15) is 5.11 Å². The SMILES string of the molecule is Cn1c(Cn2ccnc2)nnc1C1CCCN(c2nc(CO)cs2)C1. The number of aromatic nitrogens is 6. The van der Waals surface area contributed by atoms with Crippen molar-refractivity contribution >= 4 is 16.5 Å². The molecule has 1 aliphatic rings. The maximum Gasteiger partial charge on any atom is 0.185 e. The molecule has 1 saturated heterocycles. The second-order valence-corrected chi connectivity index (χ2v) is 7.17. The second kappa shape index (κ2) is 6.93. The van der Waals surface area contributed by atoms with E-state index >= 15 is 0 Å². The average Bonchev–Trinajstić information content (AvgIpc) is 3.38. The van der Waals surface area contributed by atoms with E-state index in [1.807, 2.05) is 23.2 Å². The molecule has 3 aromatic rings. The number of imidazole rings is 1. The Kier molecular flexibility index (Phi) is 4.50. The molecule has 1 aliphatic heterocycles. The van der Waals surface area contributed by atoms with Gasteiger partial charge in [0.05, 0.1) is 25.2 Å². The van der Waals surface area contributed by atoms with Crippen LogP contribution in [0.5, 0.6) is 0 Å². The highest BCUT2D eigenvalue weighted by Crippen LogP contribution is 2.30. The molecule has 0 spiro atoms. The molecule has 1 atom stereocenters. The van der Waals surface area contributed by atoms with Gasteiger partial charge in [0.2, 0.25) is 0 Å². The first-order valence-corrected chi connectivity index (χ1v) is 9.26. The first-order valence-electron chi connectivity index (χ1n) is 8.38. The van der Waals surface area contributed by atoms with E-state index in [-0.39, 0.29) is 6.61 Å². The molecule has 0 radical (unpaired) electrons. The lowest BCUT2D eigenvalue weighted by molar-refractivity contribution is 0.277. The van der Waals surface area contributed by atoms with Gasteiger partial charge in [-0.15, -0.1) is 21.5 Å². The molecule has 0 bridgehead atoms. The fourth-order valence-corrected chi connectivity index (χ4v) is 4.14. The smallest absolute Gasteiger partial charge is 0.185 e. The molecule has 1 fully saturated rings. The number of nitrogens with zero attached hydrogens (tertiary/aromatic N) is 7. The minimum Gasteiger partial charge on any atom is -0.390 e. The van der Waals surface area contributed by atoms with Crippen LogP contribution in [0.4, 0.5) is 5.13 Å². The zero-order chi connectivity index (χ0) is 17.2. The molecule has 4 heterocycles. The van der Waals surface area contributed by atoms with E-state index in [1.165, 1.54) is 0 Å². The van der Waals surface area contributed by atoms with Crippen LogP contribution in [-0.2, 0) is 20.2 Å². The summed E-state index contributed by atoms with van der Waals surface area (Å²) in [6.45, 7) is 2.55. The third-order valence-electron chi connectivity index (χ3n) is 4.64. The number of thiazole rings is 1. The molecule has 0 saturated carbocycles. The van der Waals surface area contributed by atoms with Crippen LogP contribution in [0.25, 0.3) is 0 Å². The molecule has 1 N–H and O–H groups in total. The Morgan fingerprint density at radius 2 is 2.28 bits per heavy atom. The lowest BCUT2D eigenvalue weighted by atomic mass is 9.97. The number of hydrogen-bond acceptors (Lipinski definition) is 7. The zero-order valence-corrected chi connectivity index (χ0v) is 14.9. The highest BCUT2D eigenvalue weighted by Gasteiger charge is 2.27. The number of aliphatic hydroxyl groups excluding tert-OH is 1. The summed E-state index contributed by atoms with van der Waals surface area (Å²) in [6.07, 6.45) is 7.69. The maximum atomic E-state index is 9.22. The number of anilines is 1. The first-order chi connectivity index (χ1) is 12.2. The summed E-state index contributed by atoms with van der Waals surface area (Å²) in [4.78, 5) is 10.9. The van der Waals surface area contributed by atoms with Crippen LogP contribution in [0.3, 0.4) is 0 Å². The van der Waals surface area contributed by atoms with Gasteiger partial charge in [0.1, 0.15) is 5.82 Å². The fraction of sp³-hybridized carbons (Fsp3) is 0.500. The van der Waals surface area contributed by atoms with Crippen molar-refractivity contribution in [1.82, 2.24) is 29.3 Å². The normalized spacial score (nSPS) is 18.0. The van der Waals surface area contributed by atoms with Crippen LogP contribution in [0, 0.1) is 0 Å². The summed E-state index contributed by atoms with van der Waals surface area (Å²) in [5.41, 5.74) is 0.739. The second-order valence-electron chi connectivity index (χ2n) is 6.33. The molecule has 0 aliphatic carbocycles. The van der Waals surface area contributed by atoms with Crippen LogP contribution in [0.2, 0.25) is 0 Å². The molecule has 132 valence electrons. The molecule has 8 nitrogen and oxygen atoms in total. The van der Waals surface area contributed by atoms with Gasteiger partial charge in [-0.25, -0.2) is 9.97 Å². The molecule has 25 heavy (non-hydrogen) atoms. The van der Waals surface area contributed by atoms with Crippen LogP contribution in [0.1, 0.15) is 36.1 Å². The minimum absolute atomic E-state index is 0.00529. The van der Waals surface area contributed by atoms with Crippen LogP contribution < -0.4 is 4.90 Å². The molecule has 3 aromatic heterocycles.